The second-order valence-corrected chi connectivity index (χ2v) is 8.68. The summed E-state index contributed by atoms with van der Waals surface area (Å²) in [4.78, 5) is 22.8. The van der Waals surface area contributed by atoms with Gasteiger partial charge in [0.25, 0.3) is 15.7 Å². The maximum absolute atomic E-state index is 12.9. The first kappa shape index (κ1) is 23.0. The van der Waals surface area contributed by atoms with Crippen LogP contribution in [0.1, 0.15) is 5.56 Å². The van der Waals surface area contributed by atoms with E-state index in [-0.39, 0.29) is 34.0 Å². The fraction of sp³-hybridized carbons (Fsp3) is 0.0952. The highest BCUT2D eigenvalue weighted by molar-refractivity contribution is 7.92. The molecule has 11 heteroatoms. The average Bonchev–Trinajstić information content (AvgIpc) is 2.75. The molecule has 166 valence electrons. The molecule has 3 aromatic rings. The van der Waals surface area contributed by atoms with Crippen LogP contribution in [0.2, 0.25) is 5.02 Å². The molecule has 2 N–H and O–H groups in total. The summed E-state index contributed by atoms with van der Waals surface area (Å²) in [6, 6.07) is 16.1. The number of nitro groups is 1. The molecule has 0 bridgehead atoms. The summed E-state index contributed by atoms with van der Waals surface area (Å²) in [6.45, 7) is 0. The lowest BCUT2D eigenvalue weighted by atomic mass is 10.1. The third-order valence-corrected chi connectivity index (χ3v) is 6.03. The Kier molecular flexibility index (Phi) is 6.96. The molecule has 3 aromatic carbocycles. The summed E-state index contributed by atoms with van der Waals surface area (Å²) in [6.07, 6.45) is -0.256. The number of nitrogens with zero attached hydrogens (tertiary/aromatic N) is 1. The standard InChI is InChI=1S/C21H18ClN3O6S/c1-31-19-11-10-17(23-21(26)12-14-4-2-3-5-18(14)25(27)28)13-20(19)32(29,30)24-16-8-6-15(22)7-9-16/h2-11,13,24H,12H2,1H3,(H,23,26). The number of para-hydroxylation sites is 1. The zero-order valence-corrected chi connectivity index (χ0v) is 18.3. The minimum Gasteiger partial charge on any atom is -0.495 e. The first-order chi connectivity index (χ1) is 15.2. The van der Waals surface area contributed by atoms with Crippen LogP contribution in [0.3, 0.4) is 0 Å². The van der Waals surface area contributed by atoms with Gasteiger partial charge in [0.1, 0.15) is 10.6 Å². The molecule has 0 aliphatic carbocycles. The zero-order chi connectivity index (χ0) is 23.3. The van der Waals surface area contributed by atoms with Crippen LogP contribution in [0.15, 0.2) is 71.6 Å². The summed E-state index contributed by atoms with van der Waals surface area (Å²) in [5.74, 6) is -0.471. The van der Waals surface area contributed by atoms with E-state index >= 15 is 0 Å². The van der Waals surface area contributed by atoms with Crippen molar-refractivity contribution in [3.05, 3.63) is 87.4 Å². The molecule has 0 fully saturated rings. The number of methoxy groups -OCH3 is 1. The Morgan fingerprint density at radius 2 is 1.72 bits per heavy atom. The predicted octanol–water partition coefficient (Wildman–Crippen LogP) is 4.24. The van der Waals surface area contributed by atoms with E-state index in [1.54, 1.807) is 6.07 Å². The number of carbonyl (C=O) groups is 1. The molecule has 0 heterocycles. The van der Waals surface area contributed by atoms with Crippen LogP contribution in [-0.2, 0) is 21.2 Å². The number of nitrogens with one attached hydrogen (secondary N) is 2. The molecular formula is C21H18ClN3O6S. The maximum Gasteiger partial charge on any atom is 0.273 e. The number of halogens is 1. The van der Waals surface area contributed by atoms with Gasteiger partial charge in [0.15, 0.2) is 0 Å². The van der Waals surface area contributed by atoms with Crippen molar-refractivity contribution in [2.24, 2.45) is 0 Å². The van der Waals surface area contributed by atoms with Gasteiger partial charge in [0.2, 0.25) is 5.91 Å². The molecule has 0 spiro atoms. The molecular weight excluding hydrogens is 458 g/mol. The van der Waals surface area contributed by atoms with Gasteiger partial charge in [-0.2, -0.15) is 0 Å². The van der Waals surface area contributed by atoms with Gasteiger partial charge < -0.3 is 10.1 Å². The lowest BCUT2D eigenvalue weighted by Crippen LogP contribution is -2.17. The van der Waals surface area contributed by atoms with Crippen LogP contribution in [0.25, 0.3) is 0 Å². The largest absolute Gasteiger partial charge is 0.495 e. The molecule has 0 aliphatic heterocycles. The number of sulfonamides is 1. The van der Waals surface area contributed by atoms with Gasteiger partial charge in [-0.15, -0.1) is 0 Å². The molecule has 1 amide bonds. The summed E-state index contributed by atoms with van der Waals surface area (Å²) in [5, 5.41) is 14.2. The van der Waals surface area contributed by atoms with Crippen LogP contribution in [0.4, 0.5) is 17.1 Å². The molecule has 0 saturated heterocycles. The highest BCUT2D eigenvalue weighted by Gasteiger charge is 2.22. The molecule has 0 aromatic heterocycles. The molecule has 0 radical (unpaired) electrons. The van der Waals surface area contributed by atoms with Gasteiger partial charge in [-0.05, 0) is 42.5 Å². The Morgan fingerprint density at radius 1 is 1.06 bits per heavy atom. The Balaban J connectivity index is 1.83. The molecule has 9 nitrogen and oxygen atoms in total. The van der Waals surface area contributed by atoms with Crippen molar-refractivity contribution >= 4 is 44.6 Å². The predicted molar refractivity (Wildman–Crippen MR) is 121 cm³/mol. The Morgan fingerprint density at radius 3 is 2.38 bits per heavy atom. The van der Waals surface area contributed by atoms with Gasteiger partial charge in [0, 0.05) is 28.0 Å². The highest BCUT2D eigenvalue weighted by atomic mass is 35.5. The first-order valence-corrected chi connectivity index (χ1v) is 11.0. The van der Waals surface area contributed by atoms with Crippen molar-refractivity contribution in [2.45, 2.75) is 11.3 Å². The quantitative estimate of drug-likeness (QED) is 0.370. The molecule has 0 unspecified atom stereocenters. The van der Waals surface area contributed by atoms with E-state index in [9.17, 15) is 23.3 Å². The average molecular weight is 476 g/mol. The van der Waals surface area contributed by atoms with Crippen molar-refractivity contribution in [3.8, 4) is 5.75 Å². The highest BCUT2D eigenvalue weighted by Crippen LogP contribution is 2.29. The summed E-state index contributed by atoms with van der Waals surface area (Å²) >= 11 is 5.83. The van der Waals surface area contributed by atoms with E-state index < -0.39 is 20.9 Å². The zero-order valence-electron chi connectivity index (χ0n) is 16.7. The number of hydrogen-bond acceptors (Lipinski definition) is 6. The Hall–Kier alpha value is -3.63. The van der Waals surface area contributed by atoms with Crippen molar-refractivity contribution in [2.75, 3.05) is 17.1 Å². The Bertz CT molecular complexity index is 1260. The van der Waals surface area contributed by atoms with E-state index in [0.29, 0.717) is 10.7 Å². The van der Waals surface area contributed by atoms with Gasteiger partial charge in [-0.25, -0.2) is 8.42 Å². The number of nitro benzene ring substituents is 1. The van der Waals surface area contributed by atoms with E-state index in [1.807, 2.05) is 0 Å². The third-order valence-electron chi connectivity index (χ3n) is 4.37. The van der Waals surface area contributed by atoms with Crippen LogP contribution in [0, 0.1) is 10.1 Å². The number of hydrogen-bond donors (Lipinski definition) is 2. The number of amides is 1. The normalized spacial score (nSPS) is 10.9. The van der Waals surface area contributed by atoms with Crippen LogP contribution >= 0.6 is 11.6 Å². The van der Waals surface area contributed by atoms with Crippen molar-refractivity contribution in [3.63, 3.8) is 0 Å². The van der Waals surface area contributed by atoms with Crippen LogP contribution in [0.5, 0.6) is 5.75 Å². The number of rotatable bonds is 8. The smallest absolute Gasteiger partial charge is 0.273 e. The fourth-order valence-corrected chi connectivity index (χ4v) is 4.29. The van der Waals surface area contributed by atoms with Gasteiger partial charge in [0.05, 0.1) is 18.5 Å². The summed E-state index contributed by atoms with van der Waals surface area (Å²) < 4.78 is 33.4. The number of carbonyl (C=O) groups excluding carboxylic acids is 1. The number of ether oxygens (including phenoxy) is 1. The summed E-state index contributed by atoms with van der Waals surface area (Å²) in [7, 11) is -2.74. The van der Waals surface area contributed by atoms with Crippen molar-refractivity contribution in [1.29, 1.82) is 0 Å². The third kappa shape index (κ3) is 5.54. The van der Waals surface area contributed by atoms with Crippen molar-refractivity contribution < 1.29 is 22.9 Å². The van der Waals surface area contributed by atoms with E-state index in [4.69, 9.17) is 16.3 Å². The molecule has 0 saturated carbocycles. The lowest BCUT2D eigenvalue weighted by molar-refractivity contribution is -0.385. The second kappa shape index (κ2) is 9.67. The molecule has 0 atom stereocenters. The molecule has 32 heavy (non-hydrogen) atoms. The minimum atomic E-state index is -4.06. The van der Waals surface area contributed by atoms with Crippen LogP contribution in [-0.4, -0.2) is 26.4 Å². The number of benzene rings is 3. The lowest BCUT2D eigenvalue weighted by Gasteiger charge is -2.14. The summed E-state index contributed by atoms with van der Waals surface area (Å²) in [5.41, 5.74) is 0.543. The minimum absolute atomic E-state index is 0.0724. The van der Waals surface area contributed by atoms with Gasteiger partial charge >= 0.3 is 0 Å². The number of anilines is 2. The van der Waals surface area contributed by atoms with Gasteiger partial charge in [-0.3, -0.25) is 19.6 Å². The second-order valence-electron chi connectivity index (χ2n) is 6.59. The first-order valence-electron chi connectivity index (χ1n) is 9.18. The van der Waals surface area contributed by atoms with Crippen LogP contribution < -0.4 is 14.8 Å². The van der Waals surface area contributed by atoms with Gasteiger partial charge in [-0.1, -0.05) is 29.8 Å². The molecule has 0 aliphatic rings. The van der Waals surface area contributed by atoms with E-state index in [0.717, 1.165) is 0 Å². The SMILES string of the molecule is COc1ccc(NC(=O)Cc2ccccc2[N+](=O)[O-])cc1S(=O)(=O)Nc1ccc(Cl)cc1. The Labute approximate surface area is 189 Å². The van der Waals surface area contributed by atoms with Crippen molar-refractivity contribution in [1.82, 2.24) is 0 Å². The topological polar surface area (TPSA) is 128 Å². The van der Waals surface area contributed by atoms with E-state index in [2.05, 4.69) is 10.0 Å². The fourth-order valence-electron chi connectivity index (χ4n) is 2.91. The van der Waals surface area contributed by atoms with E-state index in [1.165, 1.54) is 67.8 Å². The maximum atomic E-state index is 12.9. The molecule has 3 rings (SSSR count). The monoisotopic (exact) mass is 475 g/mol.